The first-order valence-electron chi connectivity index (χ1n) is 4.85. The van der Waals surface area contributed by atoms with E-state index in [0.717, 1.165) is 0 Å². The second-order valence-corrected chi connectivity index (χ2v) is 3.00. The fourth-order valence-electron chi connectivity index (χ4n) is 1.04. The maximum atomic E-state index is 11.7. The number of amides is 3. The number of aromatic amines is 1. The number of carbonyl (C=O) groups excluding carboxylic acids is 2. The molecule has 0 spiro atoms. The van der Waals surface area contributed by atoms with Crippen LogP contribution in [0.25, 0.3) is 0 Å². The molecule has 0 aliphatic rings. The van der Waals surface area contributed by atoms with Crippen molar-refractivity contribution in [2.24, 2.45) is 5.73 Å². The van der Waals surface area contributed by atoms with Crippen LogP contribution in [0.1, 0.15) is 6.92 Å². The van der Waals surface area contributed by atoms with Gasteiger partial charge >= 0.3 is 29.2 Å². The van der Waals surface area contributed by atoms with Gasteiger partial charge in [-0.2, -0.15) is 0 Å². The molecular formula is C7H10N6O6. The van der Waals surface area contributed by atoms with Crippen LogP contribution in [0.15, 0.2) is 14.4 Å². The molecule has 0 aromatic carbocycles. The number of nitrogens with one attached hydrogen (secondary N) is 3. The fourth-order valence-corrected chi connectivity index (χ4v) is 1.04. The van der Waals surface area contributed by atoms with Gasteiger partial charge in [-0.15, -0.1) is 9.35 Å². The molecule has 1 rings (SSSR count). The van der Waals surface area contributed by atoms with Crippen molar-refractivity contribution in [2.45, 2.75) is 6.92 Å². The smallest absolute Gasteiger partial charge is 0.426 e. The van der Waals surface area contributed by atoms with Crippen molar-refractivity contribution >= 4 is 12.1 Å². The summed E-state index contributed by atoms with van der Waals surface area (Å²) in [7, 11) is 0. The highest BCUT2D eigenvalue weighted by Crippen LogP contribution is 1.75. The van der Waals surface area contributed by atoms with Gasteiger partial charge in [-0.3, -0.25) is 4.98 Å². The number of ether oxygens (including phenoxy) is 1. The number of carbonyl (C=O) groups is 2. The van der Waals surface area contributed by atoms with Crippen LogP contribution in [0, 0.1) is 0 Å². The SMILES string of the molecule is CCOC(=O)Nn1c(=O)[nH]c(=O)n(NC(N)=O)c1=O. The number of H-pyrrole nitrogens is 1. The van der Waals surface area contributed by atoms with Gasteiger partial charge in [0.05, 0.1) is 6.61 Å². The molecule has 0 saturated heterocycles. The van der Waals surface area contributed by atoms with Crippen LogP contribution in [-0.4, -0.2) is 33.1 Å². The monoisotopic (exact) mass is 274 g/mol. The number of hydrogen-bond donors (Lipinski definition) is 4. The molecule has 104 valence electrons. The van der Waals surface area contributed by atoms with Crippen molar-refractivity contribution in [3.63, 3.8) is 0 Å². The Labute approximate surface area is 103 Å². The lowest BCUT2D eigenvalue weighted by molar-refractivity contribution is 0.163. The average Bonchev–Trinajstić information content (AvgIpc) is 2.30. The summed E-state index contributed by atoms with van der Waals surface area (Å²) in [5, 5.41) is 0. The molecule has 0 aliphatic carbocycles. The lowest BCUT2D eigenvalue weighted by Gasteiger charge is -2.09. The lowest BCUT2D eigenvalue weighted by atomic mass is 10.9. The number of urea groups is 1. The minimum atomic E-state index is -1.33. The zero-order valence-electron chi connectivity index (χ0n) is 9.63. The molecule has 5 N–H and O–H groups in total. The predicted octanol–water partition coefficient (Wildman–Crippen LogP) is -2.98. The van der Waals surface area contributed by atoms with Gasteiger partial charge in [0.2, 0.25) is 0 Å². The minimum absolute atomic E-state index is 0.00232. The predicted molar refractivity (Wildman–Crippen MR) is 60.9 cm³/mol. The van der Waals surface area contributed by atoms with E-state index in [9.17, 15) is 24.0 Å². The van der Waals surface area contributed by atoms with Crippen molar-refractivity contribution in [3.8, 4) is 0 Å². The standard InChI is InChI=1S/C7H10N6O6/c1-2-19-6(17)11-13-5(16)9-4(15)12(7(13)18)10-3(8)14/h2H2,1H3,(H,11,17)(H3,8,10,14)(H,9,15,16). The summed E-state index contributed by atoms with van der Waals surface area (Å²) in [4.78, 5) is 57.6. The zero-order chi connectivity index (χ0) is 14.6. The fraction of sp³-hybridized carbons (Fsp3) is 0.286. The molecule has 1 aromatic rings. The Morgan fingerprint density at radius 3 is 2.21 bits per heavy atom. The Morgan fingerprint density at radius 2 is 1.74 bits per heavy atom. The van der Waals surface area contributed by atoms with E-state index in [-0.39, 0.29) is 16.0 Å². The maximum absolute atomic E-state index is 11.7. The number of primary amides is 1. The van der Waals surface area contributed by atoms with Crippen molar-refractivity contribution < 1.29 is 14.3 Å². The highest BCUT2D eigenvalue weighted by atomic mass is 16.6. The van der Waals surface area contributed by atoms with Crippen molar-refractivity contribution in [1.82, 2.24) is 14.3 Å². The minimum Gasteiger partial charge on any atom is -0.449 e. The third kappa shape index (κ3) is 3.21. The number of hydrogen-bond acceptors (Lipinski definition) is 6. The summed E-state index contributed by atoms with van der Waals surface area (Å²) < 4.78 is 4.69. The molecule has 0 radical (unpaired) electrons. The van der Waals surface area contributed by atoms with Gasteiger partial charge in [-0.25, -0.2) is 34.8 Å². The molecule has 0 atom stereocenters. The molecule has 12 nitrogen and oxygen atoms in total. The van der Waals surface area contributed by atoms with Gasteiger partial charge < -0.3 is 10.5 Å². The van der Waals surface area contributed by atoms with E-state index >= 15 is 0 Å². The van der Waals surface area contributed by atoms with Crippen molar-refractivity contribution in [2.75, 3.05) is 17.5 Å². The van der Waals surface area contributed by atoms with Gasteiger partial charge in [0.25, 0.3) is 0 Å². The van der Waals surface area contributed by atoms with E-state index in [4.69, 9.17) is 5.73 Å². The van der Waals surface area contributed by atoms with Gasteiger partial charge in [-0.1, -0.05) is 0 Å². The van der Waals surface area contributed by atoms with Crippen LogP contribution >= 0.6 is 0 Å². The first-order chi connectivity index (χ1) is 8.86. The van der Waals surface area contributed by atoms with E-state index in [0.29, 0.717) is 0 Å². The molecule has 1 aromatic heterocycles. The molecule has 0 fully saturated rings. The van der Waals surface area contributed by atoms with Gasteiger partial charge in [0.15, 0.2) is 0 Å². The second kappa shape index (κ2) is 5.52. The number of rotatable bonds is 3. The molecular weight excluding hydrogens is 264 g/mol. The molecule has 0 unspecified atom stereocenters. The van der Waals surface area contributed by atoms with Crippen LogP contribution in [-0.2, 0) is 4.74 Å². The number of nitrogens with two attached hydrogens (primary N) is 1. The number of nitrogens with zero attached hydrogens (tertiary/aromatic N) is 2. The van der Waals surface area contributed by atoms with Gasteiger partial charge in [0.1, 0.15) is 0 Å². The summed E-state index contributed by atoms with van der Waals surface area (Å²) in [5.74, 6) is 0. The molecule has 19 heavy (non-hydrogen) atoms. The molecule has 1 heterocycles. The summed E-state index contributed by atoms with van der Waals surface area (Å²) in [6, 6.07) is -1.21. The molecule has 3 amide bonds. The van der Waals surface area contributed by atoms with E-state index < -0.39 is 29.2 Å². The Balaban J connectivity index is 3.29. The molecule has 0 saturated carbocycles. The highest BCUT2D eigenvalue weighted by Gasteiger charge is 2.13. The Hall–Kier alpha value is -3.05. The molecule has 0 aliphatic heterocycles. The third-order valence-corrected chi connectivity index (χ3v) is 1.70. The maximum Gasteiger partial charge on any atom is 0.426 e. The van der Waals surface area contributed by atoms with Gasteiger partial charge in [0, 0.05) is 0 Å². The summed E-state index contributed by atoms with van der Waals surface area (Å²) in [6.45, 7) is 1.50. The van der Waals surface area contributed by atoms with Crippen molar-refractivity contribution in [1.29, 1.82) is 0 Å². The average molecular weight is 274 g/mol. The van der Waals surface area contributed by atoms with Crippen molar-refractivity contribution in [3.05, 3.63) is 31.5 Å². The van der Waals surface area contributed by atoms with Crippen LogP contribution in [0.3, 0.4) is 0 Å². The molecule has 12 heteroatoms. The zero-order valence-corrected chi connectivity index (χ0v) is 9.63. The van der Waals surface area contributed by atoms with Crippen LogP contribution in [0.4, 0.5) is 9.59 Å². The second-order valence-electron chi connectivity index (χ2n) is 3.00. The first-order valence-corrected chi connectivity index (χ1v) is 4.85. The quantitative estimate of drug-likeness (QED) is 0.458. The van der Waals surface area contributed by atoms with Crippen LogP contribution in [0.2, 0.25) is 0 Å². The van der Waals surface area contributed by atoms with Crippen LogP contribution in [0.5, 0.6) is 0 Å². The van der Waals surface area contributed by atoms with E-state index in [2.05, 4.69) is 4.74 Å². The molecule has 0 bridgehead atoms. The number of aromatic nitrogens is 3. The Morgan fingerprint density at radius 1 is 1.21 bits per heavy atom. The largest absolute Gasteiger partial charge is 0.449 e. The third-order valence-electron chi connectivity index (χ3n) is 1.70. The lowest BCUT2D eigenvalue weighted by Crippen LogP contribution is -2.57. The normalized spacial score (nSPS) is 9.74. The van der Waals surface area contributed by atoms with E-state index in [1.165, 1.54) is 6.92 Å². The summed E-state index contributed by atoms with van der Waals surface area (Å²) in [6.07, 6.45) is -1.10. The summed E-state index contributed by atoms with van der Waals surface area (Å²) in [5.41, 5.74) is 4.39. The Bertz CT molecular complexity index is 668. The van der Waals surface area contributed by atoms with E-state index in [1.54, 1.807) is 15.8 Å². The Kier molecular flexibility index (Phi) is 4.07. The first kappa shape index (κ1) is 14.0. The van der Waals surface area contributed by atoms with E-state index in [1.807, 2.05) is 0 Å². The van der Waals surface area contributed by atoms with Gasteiger partial charge in [-0.05, 0) is 6.92 Å². The highest BCUT2D eigenvalue weighted by molar-refractivity contribution is 5.79. The summed E-state index contributed by atoms with van der Waals surface area (Å²) >= 11 is 0. The van der Waals surface area contributed by atoms with Crippen LogP contribution < -0.4 is 33.7 Å². The topological polar surface area (TPSA) is 170 Å².